The molecule has 2 aliphatic heterocycles. The maximum atomic E-state index is 15.8. The number of aliphatic carboxylic acids is 1. The molecule has 1 aliphatic carbocycles. The molecule has 2 atom stereocenters. The van der Waals surface area contributed by atoms with Gasteiger partial charge in [0.25, 0.3) is 5.91 Å². The average Bonchev–Trinajstić information content (AvgIpc) is 3.49. The average molecular weight is 762 g/mol. The third-order valence-electron chi connectivity index (χ3n) is 10.9. The van der Waals surface area contributed by atoms with Gasteiger partial charge in [-0.15, -0.1) is 0 Å². The number of hydrogen-bond donors (Lipinski definition) is 3. The van der Waals surface area contributed by atoms with Crippen molar-refractivity contribution in [3.8, 4) is 0 Å². The van der Waals surface area contributed by atoms with Crippen LogP contribution in [0.15, 0.2) is 84.1 Å². The number of alkyl halides is 6. The number of imide groups is 1. The summed E-state index contributed by atoms with van der Waals surface area (Å²) in [6.07, 6.45) is -8.40. The Labute approximate surface area is 307 Å². The Morgan fingerprint density at radius 3 is 2.28 bits per heavy atom. The number of rotatable bonds is 12. The molecule has 0 bridgehead atoms. The van der Waals surface area contributed by atoms with Crippen molar-refractivity contribution in [3.05, 3.63) is 118 Å². The second-order valence-corrected chi connectivity index (χ2v) is 14.2. The van der Waals surface area contributed by atoms with Crippen molar-refractivity contribution in [3.63, 3.8) is 0 Å². The molecule has 6 rings (SSSR count). The molecule has 3 N–H and O–H groups in total. The smallest absolute Gasteiger partial charge is 0.431 e. The molecule has 8 nitrogen and oxygen atoms in total. The second-order valence-electron chi connectivity index (χ2n) is 14.2. The molecule has 3 aliphatic rings. The number of carboxylic acid groups (broad SMARTS) is 1. The molecular weight excluding hydrogens is 721 g/mol. The molecule has 0 aromatic heterocycles. The highest BCUT2D eigenvalue weighted by Gasteiger charge is 2.61. The maximum absolute atomic E-state index is 15.8. The lowest BCUT2D eigenvalue weighted by Gasteiger charge is -2.46. The van der Waals surface area contributed by atoms with Crippen molar-refractivity contribution < 1.29 is 54.7 Å². The van der Waals surface area contributed by atoms with Crippen LogP contribution < -0.4 is 10.6 Å². The number of amides is 3. The summed E-state index contributed by atoms with van der Waals surface area (Å²) >= 11 is 0. The van der Waals surface area contributed by atoms with E-state index in [0.717, 1.165) is 35.2 Å². The van der Waals surface area contributed by atoms with E-state index < -0.39 is 81.8 Å². The molecule has 15 heteroatoms. The lowest BCUT2D eigenvalue weighted by atomic mass is 9.72. The zero-order valence-electron chi connectivity index (χ0n) is 29.2. The van der Waals surface area contributed by atoms with E-state index in [-0.39, 0.29) is 49.2 Å². The van der Waals surface area contributed by atoms with Gasteiger partial charge < -0.3 is 15.7 Å². The highest BCUT2D eigenvalue weighted by atomic mass is 19.4. The van der Waals surface area contributed by atoms with Gasteiger partial charge in [-0.25, -0.2) is 18.6 Å². The fraction of sp³-hybridized carbons (Fsp3) is 0.410. The van der Waals surface area contributed by atoms with Gasteiger partial charge in [0.05, 0.1) is 34.9 Å². The van der Waals surface area contributed by atoms with E-state index in [1.165, 1.54) is 6.07 Å². The summed E-state index contributed by atoms with van der Waals surface area (Å²) in [7, 11) is 0. The minimum Gasteiger partial charge on any atom is -0.481 e. The second kappa shape index (κ2) is 15.3. The third-order valence-corrected chi connectivity index (χ3v) is 10.9. The fourth-order valence-electron chi connectivity index (χ4n) is 8.29. The zero-order valence-corrected chi connectivity index (χ0v) is 29.2. The predicted molar refractivity (Wildman–Crippen MR) is 182 cm³/mol. The zero-order chi connectivity index (χ0) is 38.9. The van der Waals surface area contributed by atoms with Crippen LogP contribution in [0.5, 0.6) is 0 Å². The van der Waals surface area contributed by atoms with Crippen LogP contribution >= 0.6 is 0 Å². The number of nitrogens with zero attached hydrogens (tertiary/aromatic N) is 2. The Hall–Kier alpha value is -4.60. The maximum Gasteiger partial charge on any atom is 0.431 e. The molecule has 3 amide bonds. The molecule has 3 aromatic carbocycles. The Morgan fingerprint density at radius 1 is 0.907 bits per heavy atom. The summed E-state index contributed by atoms with van der Waals surface area (Å²) in [5, 5.41) is 15.7. The van der Waals surface area contributed by atoms with Crippen molar-refractivity contribution in [1.82, 2.24) is 15.5 Å². The molecule has 54 heavy (non-hydrogen) atoms. The van der Waals surface area contributed by atoms with E-state index in [9.17, 15) is 41.0 Å². The number of quaternary nitrogens is 1. The number of piperidine rings is 1. The molecule has 1 fully saturated rings. The van der Waals surface area contributed by atoms with Crippen molar-refractivity contribution in [1.29, 1.82) is 0 Å². The highest BCUT2D eigenvalue weighted by molar-refractivity contribution is 6.06. The number of fused-ring (bicyclic) bond motifs is 1. The minimum absolute atomic E-state index is 0.0399. The normalized spacial score (nSPS) is 20.8. The Morgan fingerprint density at radius 2 is 1.61 bits per heavy atom. The topological polar surface area (TPSA) is 98.7 Å². The van der Waals surface area contributed by atoms with Gasteiger partial charge in [0.15, 0.2) is 0 Å². The van der Waals surface area contributed by atoms with Crippen LogP contribution in [0.3, 0.4) is 0 Å². The molecule has 288 valence electrons. The number of allylic oxidation sites excluding steroid dienone is 1. The lowest BCUT2D eigenvalue weighted by molar-refractivity contribution is -0.845. The minimum atomic E-state index is -5.05. The SMILES string of the molecule is O=C(O)CCCNC(CN1C(=O)C2=C(CCC23CCNCC3)[N@@+](Cc2cccc(C(F)(F)F)c2)(Cc2c(F)cccc2C(F)(F)F)C1=O)c1ccccc1. The van der Waals surface area contributed by atoms with Crippen LogP contribution in [0, 0.1) is 11.2 Å². The summed E-state index contributed by atoms with van der Waals surface area (Å²) in [6, 6.07) is 13.5. The van der Waals surface area contributed by atoms with Crippen molar-refractivity contribution in [2.24, 2.45) is 5.41 Å². The molecule has 0 radical (unpaired) electrons. The molecule has 1 unspecified atom stereocenters. The largest absolute Gasteiger partial charge is 0.481 e. The number of benzene rings is 3. The molecule has 0 saturated carbocycles. The van der Waals surface area contributed by atoms with Crippen molar-refractivity contribution in [2.45, 2.75) is 70.0 Å². The summed E-state index contributed by atoms with van der Waals surface area (Å²) in [5.74, 6) is -2.92. The van der Waals surface area contributed by atoms with Gasteiger partial charge in [-0.05, 0) is 75.1 Å². The number of carbonyl (C=O) groups excluding carboxylic acids is 2. The Balaban J connectivity index is 1.56. The van der Waals surface area contributed by atoms with Crippen LogP contribution in [0.1, 0.15) is 72.4 Å². The van der Waals surface area contributed by atoms with E-state index in [1.54, 1.807) is 30.3 Å². The number of carboxylic acids is 1. The van der Waals surface area contributed by atoms with Crippen molar-refractivity contribution >= 4 is 17.9 Å². The third kappa shape index (κ3) is 7.80. The summed E-state index contributed by atoms with van der Waals surface area (Å²) in [4.78, 5) is 42.4. The Bertz CT molecular complexity index is 1930. The Kier molecular flexibility index (Phi) is 11.1. The lowest BCUT2D eigenvalue weighted by Crippen LogP contribution is -2.63. The van der Waals surface area contributed by atoms with E-state index in [1.807, 2.05) is 0 Å². The number of halogens is 7. The molecule has 2 heterocycles. The van der Waals surface area contributed by atoms with Gasteiger partial charge in [-0.3, -0.25) is 9.59 Å². The number of nitrogens with one attached hydrogen (secondary N) is 2. The standard InChI is InChI=1S/C39H39F7N4O4/c40-30-12-5-11-29(39(44,45)46)28(30)24-50(23-25-7-4-10-27(21-25)38(41,42)43)32-14-15-37(16-19-47-20-17-37)34(32)35(53)49(36(50)54)22-31(26-8-2-1-3-9-26)48-18-6-13-33(51)52/h1-5,7-12,21,31,47-48H,6,13-20,22-24H2/p+1/t31?,50-/m1/s1. The quantitative estimate of drug-likeness (QED) is 0.0985. The van der Waals surface area contributed by atoms with Gasteiger partial charge in [-0.2, -0.15) is 26.3 Å². The molecule has 1 spiro atoms. The fourth-order valence-corrected chi connectivity index (χ4v) is 8.29. The van der Waals surface area contributed by atoms with Crippen LogP contribution in [0.2, 0.25) is 0 Å². The van der Waals surface area contributed by atoms with E-state index in [2.05, 4.69) is 10.6 Å². The van der Waals surface area contributed by atoms with Gasteiger partial charge in [0.1, 0.15) is 24.6 Å². The van der Waals surface area contributed by atoms with E-state index in [0.29, 0.717) is 44.0 Å². The van der Waals surface area contributed by atoms with Gasteiger partial charge in [-0.1, -0.05) is 48.5 Å². The number of hydrogen-bond acceptors (Lipinski definition) is 5. The summed E-state index contributed by atoms with van der Waals surface area (Å²) in [5.41, 5.74) is -3.00. The molecule has 3 aromatic rings. The first kappa shape index (κ1) is 39.1. The summed E-state index contributed by atoms with van der Waals surface area (Å²) in [6.45, 7) is -0.668. The monoisotopic (exact) mass is 761 g/mol. The van der Waals surface area contributed by atoms with Crippen LogP contribution in [-0.2, 0) is 35.0 Å². The van der Waals surface area contributed by atoms with Gasteiger partial charge in [0.2, 0.25) is 0 Å². The first-order valence-corrected chi connectivity index (χ1v) is 17.7. The van der Waals surface area contributed by atoms with E-state index >= 15 is 9.18 Å². The molecular formula is C39H40F7N4O4+. The first-order chi connectivity index (χ1) is 25.6. The van der Waals surface area contributed by atoms with Crippen LogP contribution in [0.25, 0.3) is 0 Å². The first-order valence-electron chi connectivity index (χ1n) is 17.7. The van der Waals surface area contributed by atoms with Crippen molar-refractivity contribution in [2.75, 3.05) is 26.2 Å². The predicted octanol–water partition coefficient (Wildman–Crippen LogP) is 7.96. The molecule has 1 saturated heterocycles. The van der Waals surface area contributed by atoms with Gasteiger partial charge in [0, 0.05) is 23.8 Å². The van der Waals surface area contributed by atoms with E-state index in [4.69, 9.17) is 0 Å². The van der Waals surface area contributed by atoms with Crippen LogP contribution in [-0.4, -0.2) is 58.6 Å². The number of carbonyl (C=O) groups is 3. The number of urea groups is 1. The highest BCUT2D eigenvalue weighted by Crippen LogP contribution is 2.56. The van der Waals surface area contributed by atoms with Crippen LogP contribution in [0.4, 0.5) is 35.5 Å². The summed E-state index contributed by atoms with van der Waals surface area (Å²) < 4.78 is 100. The van der Waals surface area contributed by atoms with Gasteiger partial charge >= 0.3 is 24.4 Å².